The maximum absolute atomic E-state index is 5.87. The summed E-state index contributed by atoms with van der Waals surface area (Å²) in [5.41, 5.74) is 8.11. The molecule has 5 nitrogen and oxygen atoms in total. The molecule has 1 saturated heterocycles. The maximum Gasteiger partial charge on any atom is 0.298 e. The zero-order valence-electron chi connectivity index (χ0n) is 11.5. The van der Waals surface area contributed by atoms with Crippen LogP contribution in [0, 0.1) is 0 Å². The fraction of sp³-hybridized carbons (Fsp3) is 0.500. The molecule has 0 saturated carbocycles. The van der Waals surface area contributed by atoms with Gasteiger partial charge in [-0.15, -0.1) is 0 Å². The van der Waals surface area contributed by atoms with Gasteiger partial charge in [0.1, 0.15) is 5.52 Å². The molecule has 0 radical (unpaired) electrons. The summed E-state index contributed by atoms with van der Waals surface area (Å²) in [7, 11) is 2.16. The zero-order chi connectivity index (χ0) is 13.4. The van der Waals surface area contributed by atoms with Crippen LogP contribution in [0.3, 0.4) is 0 Å². The van der Waals surface area contributed by atoms with Crippen molar-refractivity contribution in [2.24, 2.45) is 0 Å². The van der Waals surface area contributed by atoms with Gasteiger partial charge in [0.2, 0.25) is 0 Å². The Morgan fingerprint density at radius 3 is 3.05 bits per heavy atom. The van der Waals surface area contributed by atoms with Crippen LogP contribution in [0.4, 0.5) is 11.7 Å². The van der Waals surface area contributed by atoms with E-state index in [1.165, 1.54) is 0 Å². The number of nitrogens with zero attached hydrogens (tertiary/aromatic N) is 3. The van der Waals surface area contributed by atoms with Crippen LogP contribution >= 0.6 is 0 Å². The Hall–Kier alpha value is -1.75. The number of nitrogen functional groups attached to an aromatic ring is 1. The Kier molecular flexibility index (Phi) is 3.06. The number of hydrogen-bond donors (Lipinski definition) is 1. The van der Waals surface area contributed by atoms with E-state index in [2.05, 4.69) is 28.8 Å². The number of fused-ring (bicyclic) bond motifs is 1. The lowest BCUT2D eigenvalue weighted by molar-refractivity contribution is 0.335. The summed E-state index contributed by atoms with van der Waals surface area (Å²) in [4.78, 5) is 9.18. The Morgan fingerprint density at radius 1 is 1.37 bits per heavy atom. The van der Waals surface area contributed by atoms with Gasteiger partial charge in [-0.2, -0.15) is 4.98 Å². The van der Waals surface area contributed by atoms with Crippen LogP contribution in [0.25, 0.3) is 11.1 Å². The lowest BCUT2D eigenvalue weighted by atomic mass is 10.3. The number of benzene rings is 1. The van der Waals surface area contributed by atoms with Crippen LogP contribution in [-0.2, 0) is 0 Å². The molecule has 2 N–H and O–H groups in total. The predicted molar refractivity (Wildman–Crippen MR) is 77.3 cm³/mol. The number of rotatable bonds is 1. The van der Waals surface area contributed by atoms with Crippen molar-refractivity contribution in [1.29, 1.82) is 0 Å². The van der Waals surface area contributed by atoms with Crippen molar-refractivity contribution >= 4 is 22.8 Å². The van der Waals surface area contributed by atoms with Gasteiger partial charge in [-0.1, -0.05) is 0 Å². The number of oxazole rings is 1. The molecule has 5 heteroatoms. The lowest BCUT2D eigenvalue weighted by Crippen LogP contribution is -2.38. The Labute approximate surface area is 113 Å². The van der Waals surface area contributed by atoms with Gasteiger partial charge in [-0.3, -0.25) is 0 Å². The third-order valence-electron chi connectivity index (χ3n) is 3.69. The topological polar surface area (TPSA) is 58.5 Å². The molecule has 1 atom stereocenters. The molecule has 0 bridgehead atoms. The Morgan fingerprint density at radius 2 is 2.21 bits per heavy atom. The van der Waals surface area contributed by atoms with E-state index in [1.807, 2.05) is 18.2 Å². The first kappa shape index (κ1) is 12.3. The molecule has 1 fully saturated rings. The molecule has 1 unspecified atom stereocenters. The molecular weight excluding hydrogens is 240 g/mol. The number of hydrogen-bond acceptors (Lipinski definition) is 5. The second-order valence-electron chi connectivity index (χ2n) is 5.38. The minimum absolute atomic E-state index is 0.401. The average Bonchev–Trinajstić information content (AvgIpc) is 2.68. The Bertz CT molecular complexity index is 580. The fourth-order valence-electron chi connectivity index (χ4n) is 2.71. The van der Waals surface area contributed by atoms with Gasteiger partial charge in [0.15, 0.2) is 5.58 Å². The third kappa shape index (κ3) is 2.38. The largest absolute Gasteiger partial charge is 0.423 e. The highest BCUT2D eigenvalue weighted by atomic mass is 16.4. The fourth-order valence-corrected chi connectivity index (χ4v) is 2.71. The van der Waals surface area contributed by atoms with Gasteiger partial charge < -0.3 is 20.0 Å². The van der Waals surface area contributed by atoms with Crippen molar-refractivity contribution < 1.29 is 4.42 Å². The van der Waals surface area contributed by atoms with E-state index in [1.54, 1.807) is 0 Å². The van der Waals surface area contributed by atoms with Gasteiger partial charge in [0.25, 0.3) is 6.01 Å². The first-order valence-electron chi connectivity index (χ1n) is 6.75. The van der Waals surface area contributed by atoms with E-state index in [-0.39, 0.29) is 0 Å². The summed E-state index contributed by atoms with van der Waals surface area (Å²) in [5, 5.41) is 0. The first-order chi connectivity index (χ1) is 9.13. The molecule has 1 aromatic heterocycles. The van der Waals surface area contributed by atoms with Crippen LogP contribution < -0.4 is 10.6 Å². The molecule has 2 heterocycles. The van der Waals surface area contributed by atoms with Gasteiger partial charge >= 0.3 is 0 Å². The normalized spacial score (nSPS) is 21.8. The van der Waals surface area contributed by atoms with E-state index < -0.39 is 0 Å². The third-order valence-corrected chi connectivity index (χ3v) is 3.69. The van der Waals surface area contributed by atoms with Crippen LogP contribution in [0.5, 0.6) is 0 Å². The highest BCUT2D eigenvalue weighted by Crippen LogP contribution is 2.26. The molecule has 0 aliphatic carbocycles. The van der Waals surface area contributed by atoms with Gasteiger partial charge in [0.05, 0.1) is 0 Å². The van der Waals surface area contributed by atoms with Crippen molar-refractivity contribution in [3.63, 3.8) is 0 Å². The van der Waals surface area contributed by atoms with Gasteiger partial charge in [0, 0.05) is 30.9 Å². The van der Waals surface area contributed by atoms with Crippen LogP contribution in [-0.4, -0.2) is 42.6 Å². The number of aromatic nitrogens is 1. The van der Waals surface area contributed by atoms with Crippen molar-refractivity contribution in [3.8, 4) is 0 Å². The highest BCUT2D eigenvalue weighted by molar-refractivity contribution is 5.78. The summed E-state index contributed by atoms with van der Waals surface area (Å²) in [6, 6.07) is 6.71. The molecule has 1 aliphatic rings. The van der Waals surface area contributed by atoms with E-state index in [0.717, 1.165) is 37.2 Å². The molecule has 1 aromatic carbocycles. The zero-order valence-corrected chi connectivity index (χ0v) is 11.5. The summed E-state index contributed by atoms with van der Waals surface area (Å²) in [5.74, 6) is 0. The molecule has 3 rings (SSSR count). The number of likely N-dealkylation sites (N-methyl/N-ethyl adjacent to an activating group) is 1. The van der Waals surface area contributed by atoms with E-state index in [9.17, 15) is 0 Å². The highest BCUT2D eigenvalue weighted by Gasteiger charge is 2.23. The molecule has 1 aliphatic heterocycles. The number of anilines is 2. The standard InChI is InChI=1S/C14H20N4O/c1-10-9-17(2)6-3-7-18(10)14-16-12-5-4-11(15)8-13(12)19-14/h4-5,8,10H,3,6-7,9,15H2,1-2H3. The summed E-state index contributed by atoms with van der Waals surface area (Å²) >= 11 is 0. The lowest BCUT2D eigenvalue weighted by Gasteiger charge is -2.26. The average molecular weight is 260 g/mol. The van der Waals surface area contributed by atoms with Crippen LogP contribution in [0.1, 0.15) is 13.3 Å². The maximum atomic E-state index is 5.87. The van der Waals surface area contributed by atoms with Crippen molar-refractivity contribution in [3.05, 3.63) is 18.2 Å². The molecule has 0 spiro atoms. The molecule has 102 valence electrons. The minimum Gasteiger partial charge on any atom is -0.423 e. The molecule has 0 amide bonds. The first-order valence-corrected chi connectivity index (χ1v) is 6.75. The molecule has 19 heavy (non-hydrogen) atoms. The summed E-state index contributed by atoms with van der Waals surface area (Å²) in [6.07, 6.45) is 1.13. The van der Waals surface area contributed by atoms with E-state index >= 15 is 0 Å². The number of nitrogens with two attached hydrogens (primary N) is 1. The SMILES string of the molecule is CC1CN(C)CCCN1c1nc2ccc(N)cc2o1. The van der Waals surface area contributed by atoms with Gasteiger partial charge in [-0.25, -0.2) is 0 Å². The summed E-state index contributed by atoms with van der Waals surface area (Å²) < 4.78 is 5.87. The molecule has 2 aromatic rings. The van der Waals surface area contributed by atoms with Crippen molar-refractivity contribution in [2.75, 3.05) is 37.3 Å². The molecular formula is C14H20N4O. The minimum atomic E-state index is 0.401. The van der Waals surface area contributed by atoms with Crippen molar-refractivity contribution in [1.82, 2.24) is 9.88 Å². The van der Waals surface area contributed by atoms with E-state index in [4.69, 9.17) is 10.2 Å². The Balaban J connectivity index is 1.94. The summed E-state index contributed by atoms with van der Waals surface area (Å²) in [6.45, 7) is 5.34. The smallest absolute Gasteiger partial charge is 0.298 e. The van der Waals surface area contributed by atoms with Crippen LogP contribution in [0.2, 0.25) is 0 Å². The predicted octanol–water partition coefficient (Wildman–Crippen LogP) is 1.94. The second kappa shape index (κ2) is 4.74. The second-order valence-corrected chi connectivity index (χ2v) is 5.38. The van der Waals surface area contributed by atoms with Gasteiger partial charge in [-0.05, 0) is 39.1 Å². The van der Waals surface area contributed by atoms with Crippen LogP contribution in [0.15, 0.2) is 22.6 Å². The van der Waals surface area contributed by atoms with Crippen molar-refractivity contribution in [2.45, 2.75) is 19.4 Å². The van der Waals surface area contributed by atoms with E-state index in [0.29, 0.717) is 17.7 Å². The quantitative estimate of drug-likeness (QED) is 0.794. The monoisotopic (exact) mass is 260 g/mol.